The minimum absolute atomic E-state index is 0.404. The summed E-state index contributed by atoms with van der Waals surface area (Å²) >= 11 is 1.50. The van der Waals surface area contributed by atoms with Crippen molar-refractivity contribution >= 4 is 34.4 Å². The van der Waals surface area contributed by atoms with Crippen LogP contribution >= 0.6 is 11.8 Å². The first-order valence-corrected chi connectivity index (χ1v) is 7.57. The summed E-state index contributed by atoms with van der Waals surface area (Å²) < 4.78 is 0. The van der Waals surface area contributed by atoms with Crippen LogP contribution in [0.1, 0.15) is 17.5 Å². The average Bonchev–Trinajstić information content (AvgIpc) is 3.06. The van der Waals surface area contributed by atoms with Crippen molar-refractivity contribution in [3.05, 3.63) is 29.6 Å². The molecule has 4 rings (SSSR count). The molecule has 0 saturated carbocycles. The number of nitrogen functional groups attached to an aromatic ring is 2. The van der Waals surface area contributed by atoms with E-state index < -0.39 is 0 Å². The Labute approximate surface area is 125 Å². The number of nitrogens with zero attached hydrogens (tertiary/aromatic N) is 3. The Morgan fingerprint density at radius 1 is 1.10 bits per heavy atom. The van der Waals surface area contributed by atoms with Crippen LogP contribution in [0.25, 0.3) is 11.2 Å². The maximum atomic E-state index is 6.15. The van der Waals surface area contributed by atoms with Gasteiger partial charge in [0.05, 0.1) is 0 Å². The molecule has 2 heterocycles. The molecule has 1 aliphatic carbocycles. The molecule has 6 nitrogen and oxygen atoms in total. The molecule has 0 atom stereocenters. The number of nitrogens with two attached hydrogens (primary N) is 2. The van der Waals surface area contributed by atoms with Gasteiger partial charge in [0, 0.05) is 10.6 Å². The summed E-state index contributed by atoms with van der Waals surface area (Å²) in [6.07, 6.45) is 4.87. The zero-order chi connectivity index (χ0) is 14.4. The predicted octanol–water partition coefficient (Wildman–Crippen LogP) is 2.16. The van der Waals surface area contributed by atoms with Gasteiger partial charge in [-0.25, -0.2) is 15.0 Å². The van der Waals surface area contributed by atoms with E-state index in [2.05, 4.69) is 32.1 Å². The third-order valence-corrected chi connectivity index (χ3v) is 4.69. The second-order valence-electron chi connectivity index (χ2n) is 5.11. The van der Waals surface area contributed by atoms with Crippen molar-refractivity contribution in [2.75, 3.05) is 11.5 Å². The molecular weight excluding hydrogens is 284 g/mol. The number of hydrogen-bond acceptors (Lipinski definition) is 6. The van der Waals surface area contributed by atoms with Gasteiger partial charge in [-0.2, -0.15) is 0 Å². The van der Waals surface area contributed by atoms with Gasteiger partial charge in [0.15, 0.2) is 16.6 Å². The first-order valence-electron chi connectivity index (χ1n) is 6.76. The Balaban J connectivity index is 1.73. The fourth-order valence-corrected chi connectivity index (χ4v) is 3.56. The van der Waals surface area contributed by atoms with E-state index in [1.165, 1.54) is 35.6 Å². The van der Waals surface area contributed by atoms with Crippen molar-refractivity contribution in [3.63, 3.8) is 0 Å². The summed E-state index contributed by atoms with van der Waals surface area (Å²) in [6, 6.07) is 4.26. The summed E-state index contributed by atoms with van der Waals surface area (Å²) in [4.78, 5) is 16.7. The number of anilines is 2. The molecular formula is C14H14N6S. The summed E-state index contributed by atoms with van der Waals surface area (Å²) in [5.74, 6) is 0.404. The quantitative estimate of drug-likeness (QED) is 0.626. The predicted molar refractivity (Wildman–Crippen MR) is 83.1 cm³/mol. The number of H-pyrrole nitrogens is 1. The maximum absolute atomic E-state index is 6.15. The Hall–Kier alpha value is -2.28. The zero-order valence-electron chi connectivity index (χ0n) is 11.3. The lowest BCUT2D eigenvalue weighted by Crippen LogP contribution is -1.93. The molecule has 1 aliphatic rings. The Kier molecular flexibility index (Phi) is 2.75. The number of aryl methyl sites for hydroxylation is 2. The fourth-order valence-electron chi connectivity index (χ4n) is 2.69. The maximum Gasteiger partial charge on any atom is 0.183 e. The second-order valence-corrected chi connectivity index (χ2v) is 6.14. The van der Waals surface area contributed by atoms with Crippen LogP contribution < -0.4 is 11.5 Å². The summed E-state index contributed by atoms with van der Waals surface area (Å²) in [6.45, 7) is 0. The van der Waals surface area contributed by atoms with Crippen molar-refractivity contribution in [1.82, 2.24) is 19.9 Å². The molecule has 0 saturated heterocycles. The third-order valence-electron chi connectivity index (χ3n) is 3.73. The van der Waals surface area contributed by atoms with E-state index >= 15 is 0 Å². The number of imidazole rings is 1. The van der Waals surface area contributed by atoms with E-state index in [0.717, 1.165) is 28.6 Å². The highest BCUT2D eigenvalue weighted by molar-refractivity contribution is 7.99. The number of rotatable bonds is 2. The number of aromatic amines is 1. The van der Waals surface area contributed by atoms with E-state index in [9.17, 15) is 0 Å². The lowest BCUT2D eigenvalue weighted by molar-refractivity contribution is 0.911. The van der Waals surface area contributed by atoms with Crippen molar-refractivity contribution in [3.8, 4) is 0 Å². The molecule has 106 valence electrons. The van der Waals surface area contributed by atoms with Gasteiger partial charge in [0.2, 0.25) is 0 Å². The van der Waals surface area contributed by atoms with Crippen molar-refractivity contribution in [1.29, 1.82) is 0 Å². The smallest absolute Gasteiger partial charge is 0.183 e. The minimum atomic E-state index is 0.404. The van der Waals surface area contributed by atoms with Gasteiger partial charge in [-0.3, -0.25) is 0 Å². The lowest BCUT2D eigenvalue weighted by atomic mass is 10.1. The first kappa shape index (κ1) is 12.5. The van der Waals surface area contributed by atoms with Crippen LogP contribution in [0.15, 0.2) is 28.5 Å². The van der Waals surface area contributed by atoms with Crippen LogP contribution in [0.2, 0.25) is 0 Å². The minimum Gasteiger partial charge on any atom is -0.398 e. The van der Waals surface area contributed by atoms with Gasteiger partial charge in [0.25, 0.3) is 0 Å². The zero-order valence-corrected chi connectivity index (χ0v) is 12.1. The van der Waals surface area contributed by atoms with Gasteiger partial charge in [0.1, 0.15) is 11.8 Å². The van der Waals surface area contributed by atoms with Crippen LogP contribution in [0.5, 0.6) is 0 Å². The molecule has 7 heteroatoms. The SMILES string of the molecule is Nc1cc2c(cc1Sc1nc3ncnc(N)c3[nH]1)CCC2. The molecule has 0 spiro atoms. The van der Waals surface area contributed by atoms with Crippen molar-refractivity contribution < 1.29 is 0 Å². The average molecular weight is 298 g/mol. The Morgan fingerprint density at radius 2 is 1.90 bits per heavy atom. The molecule has 0 radical (unpaired) electrons. The van der Waals surface area contributed by atoms with E-state index in [0.29, 0.717) is 17.0 Å². The van der Waals surface area contributed by atoms with Crippen LogP contribution in [0, 0.1) is 0 Å². The Morgan fingerprint density at radius 3 is 2.71 bits per heavy atom. The van der Waals surface area contributed by atoms with Crippen molar-refractivity contribution in [2.24, 2.45) is 0 Å². The molecule has 21 heavy (non-hydrogen) atoms. The van der Waals surface area contributed by atoms with Crippen molar-refractivity contribution in [2.45, 2.75) is 29.3 Å². The monoisotopic (exact) mass is 298 g/mol. The highest BCUT2D eigenvalue weighted by Crippen LogP contribution is 2.36. The van der Waals surface area contributed by atoms with Crippen LogP contribution in [-0.4, -0.2) is 19.9 Å². The van der Waals surface area contributed by atoms with Gasteiger partial charge in [-0.15, -0.1) is 0 Å². The standard InChI is InChI=1S/C14H14N6S/c15-9-4-7-2-1-3-8(7)5-10(9)21-14-19-11-12(16)17-6-18-13(11)20-14/h4-6H,1-3,15H2,(H3,16,17,18,19,20). The molecule has 0 amide bonds. The van der Waals surface area contributed by atoms with E-state index in [-0.39, 0.29) is 0 Å². The molecule has 0 unspecified atom stereocenters. The third kappa shape index (κ3) is 2.09. The lowest BCUT2D eigenvalue weighted by Gasteiger charge is -2.07. The summed E-state index contributed by atoms with van der Waals surface area (Å²) in [5.41, 5.74) is 16.8. The molecule has 0 bridgehead atoms. The van der Waals surface area contributed by atoms with Crippen LogP contribution in [-0.2, 0) is 12.8 Å². The Bertz CT molecular complexity index is 841. The highest BCUT2D eigenvalue weighted by atomic mass is 32.2. The normalized spacial score (nSPS) is 13.7. The van der Waals surface area contributed by atoms with Crippen LogP contribution in [0.3, 0.4) is 0 Å². The molecule has 2 aromatic heterocycles. The topological polar surface area (TPSA) is 106 Å². The second kappa shape index (κ2) is 4.63. The summed E-state index contributed by atoms with van der Waals surface area (Å²) in [5, 5.41) is 0.724. The van der Waals surface area contributed by atoms with Gasteiger partial charge < -0.3 is 16.5 Å². The fraction of sp³-hybridized carbons (Fsp3) is 0.214. The molecule has 0 fully saturated rings. The molecule has 1 aromatic carbocycles. The van der Waals surface area contributed by atoms with Gasteiger partial charge >= 0.3 is 0 Å². The van der Waals surface area contributed by atoms with E-state index in [1.807, 2.05) is 0 Å². The molecule has 3 aromatic rings. The highest BCUT2D eigenvalue weighted by Gasteiger charge is 2.16. The molecule has 5 N–H and O–H groups in total. The summed E-state index contributed by atoms with van der Waals surface area (Å²) in [7, 11) is 0. The number of hydrogen-bond donors (Lipinski definition) is 3. The molecule has 0 aliphatic heterocycles. The van der Waals surface area contributed by atoms with Crippen LogP contribution in [0.4, 0.5) is 11.5 Å². The largest absolute Gasteiger partial charge is 0.398 e. The number of aromatic nitrogens is 4. The first-order chi connectivity index (χ1) is 10.2. The number of nitrogens with one attached hydrogen (secondary N) is 1. The number of benzene rings is 1. The number of fused-ring (bicyclic) bond motifs is 2. The van der Waals surface area contributed by atoms with E-state index in [1.54, 1.807) is 0 Å². The van der Waals surface area contributed by atoms with Gasteiger partial charge in [-0.05, 0) is 54.3 Å². The van der Waals surface area contributed by atoms with E-state index in [4.69, 9.17) is 11.5 Å². The van der Waals surface area contributed by atoms with Gasteiger partial charge in [-0.1, -0.05) is 0 Å².